The van der Waals surface area contributed by atoms with E-state index in [4.69, 9.17) is 9.47 Å². The topological polar surface area (TPSA) is 55.8 Å². The standard InChI is InChI=1S/C23H22BrNO4/c1-4-28-19-12-6-16(7-13-19)14-20-21(23(27)29-5-2)15(3)25(22(20)26)18-10-8-17(24)9-11-18/h6-14H,4-5H2,1-3H3/b20-14-. The SMILES string of the molecule is CCOC(=O)C1=C(C)N(c2ccc(Br)cc2)C(=O)/C1=C\c1ccc(OCC)cc1. The van der Waals surface area contributed by atoms with E-state index in [9.17, 15) is 9.59 Å². The van der Waals surface area contributed by atoms with Gasteiger partial charge in [-0.05, 0) is 68.8 Å². The summed E-state index contributed by atoms with van der Waals surface area (Å²) in [5, 5.41) is 0. The van der Waals surface area contributed by atoms with E-state index in [0.29, 0.717) is 23.6 Å². The molecular formula is C23H22BrNO4. The Bertz CT molecular complexity index is 975. The van der Waals surface area contributed by atoms with Gasteiger partial charge in [0.15, 0.2) is 0 Å². The molecular weight excluding hydrogens is 434 g/mol. The minimum Gasteiger partial charge on any atom is -0.494 e. The van der Waals surface area contributed by atoms with Gasteiger partial charge in [-0.1, -0.05) is 28.1 Å². The highest BCUT2D eigenvalue weighted by molar-refractivity contribution is 9.10. The molecule has 0 bridgehead atoms. The molecule has 3 rings (SSSR count). The number of ether oxygens (including phenoxy) is 2. The summed E-state index contributed by atoms with van der Waals surface area (Å²) in [5.41, 5.74) is 2.63. The molecule has 1 aliphatic heterocycles. The van der Waals surface area contributed by atoms with Crippen LogP contribution >= 0.6 is 15.9 Å². The second-order valence-corrected chi connectivity index (χ2v) is 7.27. The van der Waals surface area contributed by atoms with Gasteiger partial charge in [-0.25, -0.2) is 4.79 Å². The summed E-state index contributed by atoms with van der Waals surface area (Å²) < 4.78 is 11.6. The summed E-state index contributed by atoms with van der Waals surface area (Å²) in [6.45, 7) is 6.23. The van der Waals surface area contributed by atoms with E-state index in [1.807, 2.05) is 55.5 Å². The number of rotatable bonds is 6. The Morgan fingerprint density at radius 2 is 1.69 bits per heavy atom. The molecule has 150 valence electrons. The Balaban J connectivity index is 2.05. The average Bonchev–Trinajstić information content (AvgIpc) is 2.94. The first-order valence-electron chi connectivity index (χ1n) is 9.39. The molecule has 0 atom stereocenters. The van der Waals surface area contributed by atoms with Gasteiger partial charge in [-0.3, -0.25) is 9.69 Å². The molecule has 6 heteroatoms. The lowest BCUT2D eigenvalue weighted by molar-refractivity contribution is -0.138. The van der Waals surface area contributed by atoms with Crippen LogP contribution in [0.3, 0.4) is 0 Å². The molecule has 0 fully saturated rings. The lowest BCUT2D eigenvalue weighted by atomic mass is 10.0. The zero-order chi connectivity index (χ0) is 21.0. The van der Waals surface area contributed by atoms with Gasteiger partial charge < -0.3 is 9.47 Å². The lowest BCUT2D eigenvalue weighted by Crippen LogP contribution is -2.24. The van der Waals surface area contributed by atoms with Crippen molar-refractivity contribution >= 4 is 39.6 Å². The summed E-state index contributed by atoms with van der Waals surface area (Å²) in [6, 6.07) is 14.7. The molecule has 0 unspecified atom stereocenters. The minimum absolute atomic E-state index is 0.235. The Morgan fingerprint density at radius 3 is 2.28 bits per heavy atom. The van der Waals surface area contributed by atoms with Crippen LogP contribution in [0.5, 0.6) is 5.75 Å². The number of allylic oxidation sites excluding steroid dienone is 1. The zero-order valence-electron chi connectivity index (χ0n) is 16.6. The average molecular weight is 456 g/mol. The molecule has 1 heterocycles. The van der Waals surface area contributed by atoms with Crippen molar-refractivity contribution in [3.8, 4) is 5.75 Å². The number of anilines is 1. The maximum Gasteiger partial charge on any atom is 0.340 e. The molecule has 29 heavy (non-hydrogen) atoms. The Kier molecular flexibility index (Phi) is 6.54. The van der Waals surface area contributed by atoms with Crippen molar-refractivity contribution in [2.24, 2.45) is 0 Å². The van der Waals surface area contributed by atoms with Crippen LogP contribution in [0.4, 0.5) is 5.69 Å². The maximum atomic E-state index is 13.3. The third-order valence-corrected chi connectivity index (χ3v) is 5.00. The highest BCUT2D eigenvalue weighted by atomic mass is 79.9. The molecule has 0 aromatic heterocycles. The van der Waals surface area contributed by atoms with Gasteiger partial charge in [0, 0.05) is 15.9 Å². The lowest BCUT2D eigenvalue weighted by Gasteiger charge is -2.18. The summed E-state index contributed by atoms with van der Waals surface area (Å²) in [5.74, 6) is -0.0156. The highest BCUT2D eigenvalue weighted by Crippen LogP contribution is 2.36. The summed E-state index contributed by atoms with van der Waals surface area (Å²) in [7, 11) is 0. The first-order chi connectivity index (χ1) is 14.0. The van der Waals surface area contributed by atoms with Crippen molar-refractivity contribution in [3.05, 3.63) is 75.4 Å². The van der Waals surface area contributed by atoms with Crippen LogP contribution in [-0.2, 0) is 14.3 Å². The van der Waals surface area contributed by atoms with E-state index < -0.39 is 5.97 Å². The quantitative estimate of drug-likeness (QED) is 0.448. The number of halogens is 1. The number of hydrogen-bond donors (Lipinski definition) is 0. The monoisotopic (exact) mass is 455 g/mol. The van der Waals surface area contributed by atoms with Crippen molar-refractivity contribution in [2.45, 2.75) is 20.8 Å². The summed E-state index contributed by atoms with van der Waals surface area (Å²) in [6.07, 6.45) is 1.71. The van der Waals surface area contributed by atoms with Gasteiger partial charge in [0.2, 0.25) is 0 Å². The number of carbonyl (C=O) groups is 2. The summed E-state index contributed by atoms with van der Waals surface area (Å²) in [4.78, 5) is 27.5. The third-order valence-electron chi connectivity index (χ3n) is 4.47. The fourth-order valence-electron chi connectivity index (χ4n) is 3.18. The molecule has 2 aromatic carbocycles. The van der Waals surface area contributed by atoms with Gasteiger partial charge >= 0.3 is 5.97 Å². The van der Waals surface area contributed by atoms with E-state index in [1.165, 1.54) is 0 Å². The molecule has 0 spiro atoms. The van der Waals surface area contributed by atoms with Crippen molar-refractivity contribution in [3.63, 3.8) is 0 Å². The molecule has 1 aliphatic rings. The van der Waals surface area contributed by atoms with E-state index in [-0.39, 0.29) is 18.1 Å². The largest absolute Gasteiger partial charge is 0.494 e. The van der Waals surface area contributed by atoms with Crippen LogP contribution in [0.1, 0.15) is 26.3 Å². The molecule has 0 saturated carbocycles. The Morgan fingerprint density at radius 1 is 1.03 bits per heavy atom. The van der Waals surface area contributed by atoms with Crippen LogP contribution in [0.15, 0.2) is 69.8 Å². The van der Waals surface area contributed by atoms with Crippen LogP contribution in [0.25, 0.3) is 6.08 Å². The van der Waals surface area contributed by atoms with E-state index in [0.717, 1.165) is 15.8 Å². The second-order valence-electron chi connectivity index (χ2n) is 6.36. The van der Waals surface area contributed by atoms with Crippen LogP contribution in [0.2, 0.25) is 0 Å². The van der Waals surface area contributed by atoms with Crippen LogP contribution in [-0.4, -0.2) is 25.1 Å². The summed E-state index contributed by atoms with van der Waals surface area (Å²) >= 11 is 3.40. The molecule has 5 nitrogen and oxygen atoms in total. The first kappa shape index (κ1) is 20.9. The number of amides is 1. The smallest absolute Gasteiger partial charge is 0.340 e. The zero-order valence-corrected chi connectivity index (χ0v) is 18.2. The Labute approximate surface area is 178 Å². The first-order valence-corrected chi connectivity index (χ1v) is 10.2. The van der Waals surface area contributed by atoms with Gasteiger partial charge in [0.25, 0.3) is 5.91 Å². The molecule has 0 N–H and O–H groups in total. The second kappa shape index (κ2) is 9.09. The van der Waals surface area contributed by atoms with Crippen molar-refractivity contribution in [1.29, 1.82) is 0 Å². The fourth-order valence-corrected chi connectivity index (χ4v) is 3.44. The number of carbonyl (C=O) groups excluding carboxylic acids is 2. The van der Waals surface area contributed by atoms with E-state index in [2.05, 4.69) is 15.9 Å². The number of benzene rings is 2. The van der Waals surface area contributed by atoms with Crippen molar-refractivity contribution in [2.75, 3.05) is 18.1 Å². The molecule has 0 radical (unpaired) electrons. The third kappa shape index (κ3) is 4.43. The number of esters is 1. The fraction of sp³-hybridized carbons (Fsp3) is 0.217. The Hall–Kier alpha value is -2.86. The van der Waals surface area contributed by atoms with Gasteiger partial charge in [-0.15, -0.1) is 0 Å². The minimum atomic E-state index is -0.504. The molecule has 1 amide bonds. The van der Waals surface area contributed by atoms with Crippen molar-refractivity contribution < 1.29 is 19.1 Å². The van der Waals surface area contributed by atoms with Gasteiger partial charge in [0.05, 0.1) is 24.4 Å². The highest BCUT2D eigenvalue weighted by Gasteiger charge is 2.38. The normalized spacial score (nSPS) is 15.2. The predicted molar refractivity (Wildman–Crippen MR) is 117 cm³/mol. The molecule has 0 aliphatic carbocycles. The van der Waals surface area contributed by atoms with E-state index in [1.54, 1.807) is 24.8 Å². The van der Waals surface area contributed by atoms with Crippen LogP contribution < -0.4 is 9.64 Å². The van der Waals surface area contributed by atoms with Crippen LogP contribution in [0, 0.1) is 0 Å². The number of nitrogens with zero attached hydrogens (tertiary/aromatic N) is 1. The molecule has 2 aromatic rings. The van der Waals surface area contributed by atoms with E-state index >= 15 is 0 Å². The molecule has 0 saturated heterocycles. The van der Waals surface area contributed by atoms with Gasteiger partial charge in [0.1, 0.15) is 5.75 Å². The van der Waals surface area contributed by atoms with Gasteiger partial charge in [-0.2, -0.15) is 0 Å². The predicted octanol–water partition coefficient (Wildman–Crippen LogP) is 5.12. The van der Waals surface area contributed by atoms with Crippen molar-refractivity contribution in [1.82, 2.24) is 0 Å². The maximum absolute atomic E-state index is 13.3. The number of hydrogen-bond acceptors (Lipinski definition) is 4.